The zero-order chi connectivity index (χ0) is 17.3. The van der Waals surface area contributed by atoms with Crippen molar-refractivity contribution in [3.05, 3.63) is 53.6 Å². The number of phenols is 1. The first-order valence-corrected chi connectivity index (χ1v) is 7.53. The summed E-state index contributed by atoms with van der Waals surface area (Å²) < 4.78 is 5.77. The van der Waals surface area contributed by atoms with Gasteiger partial charge in [-0.1, -0.05) is 24.3 Å². The van der Waals surface area contributed by atoms with Gasteiger partial charge in [0.2, 0.25) is 0 Å². The summed E-state index contributed by atoms with van der Waals surface area (Å²) in [6.07, 6.45) is -0.454. The van der Waals surface area contributed by atoms with Gasteiger partial charge in [0.15, 0.2) is 6.10 Å². The van der Waals surface area contributed by atoms with Crippen LogP contribution in [0.2, 0.25) is 0 Å². The van der Waals surface area contributed by atoms with E-state index in [4.69, 9.17) is 9.84 Å². The highest BCUT2D eigenvalue weighted by Crippen LogP contribution is 2.37. The second-order valence-corrected chi connectivity index (χ2v) is 5.71. The van der Waals surface area contributed by atoms with Crippen LogP contribution in [0.15, 0.2) is 42.5 Å². The zero-order valence-corrected chi connectivity index (χ0v) is 13.1. The molecule has 0 bridgehead atoms. The van der Waals surface area contributed by atoms with E-state index in [2.05, 4.69) is 0 Å². The first kappa shape index (κ1) is 15.9. The van der Waals surface area contributed by atoms with E-state index < -0.39 is 24.5 Å². The summed E-state index contributed by atoms with van der Waals surface area (Å²) >= 11 is 0. The fourth-order valence-electron chi connectivity index (χ4n) is 2.78. The number of anilines is 1. The summed E-state index contributed by atoms with van der Waals surface area (Å²) in [6.45, 7) is 1.46. The molecule has 24 heavy (non-hydrogen) atoms. The predicted octanol–water partition coefficient (Wildman–Crippen LogP) is 2.12. The van der Waals surface area contributed by atoms with Crippen molar-refractivity contribution in [3.63, 3.8) is 0 Å². The highest BCUT2D eigenvalue weighted by atomic mass is 16.5. The van der Waals surface area contributed by atoms with E-state index in [-0.39, 0.29) is 11.4 Å². The number of carboxylic acids is 1. The lowest BCUT2D eigenvalue weighted by molar-refractivity contribution is -0.137. The molecule has 1 aliphatic heterocycles. The first-order chi connectivity index (χ1) is 11.5. The number of carbonyl (C=O) groups is 2. The van der Waals surface area contributed by atoms with Crippen molar-refractivity contribution >= 4 is 17.6 Å². The number of benzene rings is 2. The molecule has 0 radical (unpaired) electrons. The molecule has 0 spiro atoms. The first-order valence-electron chi connectivity index (χ1n) is 7.53. The molecule has 1 heterocycles. The molecule has 124 valence electrons. The van der Waals surface area contributed by atoms with Crippen LogP contribution < -0.4 is 9.64 Å². The lowest BCUT2D eigenvalue weighted by Crippen LogP contribution is -2.48. The average Bonchev–Trinajstić information content (AvgIpc) is 2.53. The number of hydrogen-bond acceptors (Lipinski definition) is 4. The van der Waals surface area contributed by atoms with Crippen LogP contribution in [0, 0.1) is 6.92 Å². The number of rotatable bonds is 4. The maximum Gasteiger partial charge on any atom is 0.323 e. The molecule has 2 N–H and O–H groups in total. The monoisotopic (exact) mass is 327 g/mol. The largest absolute Gasteiger partial charge is 0.508 e. The van der Waals surface area contributed by atoms with Gasteiger partial charge >= 0.3 is 5.97 Å². The van der Waals surface area contributed by atoms with E-state index in [1.54, 1.807) is 0 Å². The molecular formula is C18H17NO5. The second-order valence-electron chi connectivity index (χ2n) is 5.71. The minimum absolute atomic E-state index is 0.0575. The van der Waals surface area contributed by atoms with E-state index in [0.29, 0.717) is 12.2 Å². The zero-order valence-electron chi connectivity index (χ0n) is 13.1. The molecule has 0 saturated carbocycles. The Morgan fingerprint density at radius 3 is 2.71 bits per heavy atom. The number of aromatic hydroxyl groups is 1. The molecule has 6 heteroatoms. The van der Waals surface area contributed by atoms with Crippen LogP contribution in [0.5, 0.6) is 11.5 Å². The Morgan fingerprint density at radius 1 is 1.25 bits per heavy atom. The number of hydrogen-bond donors (Lipinski definition) is 2. The lowest BCUT2D eigenvalue weighted by atomic mass is 10.0. The van der Waals surface area contributed by atoms with E-state index in [9.17, 15) is 14.7 Å². The van der Waals surface area contributed by atoms with Crippen LogP contribution in [-0.4, -0.2) is 34.7 Å². The maximum absolute atomic E-state index is 12.7. The topological polar surface area (TPSA) is 87.1 Å². The highest BCUT2D eigenvalue weighted by molar-refractivity contribution is 6.03. The van der Waals surface area contributed by atoms with Gasteiger partial charge in [0.05, 0.1) is 5.69 Å². The van der Waals surface area contributed by atoms with E-state index in [1.165, 1.54) is 18.2 Å². The second kappa shape index (κ2) is 6.23. The highest BCUT2D eigenvalue weighted by Gasteiger charge is 2.36. The van der Waals surface area contributed by atoms with Crippen molar-refractivity contribution in [3.8, 4) is 11.5 Å². The number of amides is 1. The van der Waals surface area contributed by atoms with Crippen molar-refractivity contribution in [1.29, 1.82) is 0 Å². The molecular weight excluding hydrogens is 310 g/mol. The van der Waals surface area contributed by atoms with Gasteiger partial charge in [-0.05, 0) is 30.2 Å². The fourth-order valence-corrected chi connectivity index (χ4v) is 2.78. The molecule has 1 atom stereocenters. The summed E-state index contributed by atoms with van der Waals surface area (Å²) in [7, 11) is 0. The number of fused-ring (bicyclic) bond motifs is 1. The van der Waals surface area contributed by atoms with E-state index >= 15 is 0 Å². The molecule has 0 aliphatic carbocycles. The molecule has 2 aromatic carbocycles. The molecule has 2 aromatic rings. The normalized spacial score (nSPS) is 16.5. The molecule has 1 unspecified atom stereocenters. The third-order valence-electron chi connectivity index (χ3n) is 4.00. The Morgan fingerprint density at radius 2 is 2.00 bits per heavy atom. The summed E-state index contributed by atoms with van der Waals surface area (Å²) in [5.41, 5.74) is 2.27. The van der Waals surface area contributed by atoms with Crippen LogP contribution in [0.3, 0.4) is 0 Å². The molecule has 0 saturated heterocycles. The van der Waals surface area contributed by atoms with Gasteiger partial charge in [0.25, 0.3) is 5.91 Å². The number of aryl methyl sites for hydroxylation is 1. The summed E-state index contributed by atoms with van der Waals surface area (Å²) in [5.74, 6) is -1.24. The van der Waals surface area contributed by atoms with E-state index in [1.807, 2.05) is 31.2 Å². The van der Waals surface area contributed by atoms with Crippen molar-refractivity contribution in [2.24, 2.45) is 0 Å². The molecule has 3 rings (SSSR count). The molecule has 0 aromatic heterocycles. The van der Waals surface area contributed by atoms with Crippen molar-refractivity contribution in [1.82, 2.24) is 0 Å². The Bertz CT molecular complexity index is 802. The Hall–Kier alpha value is -3.02. The van der Waals surface area contributed by atoms with E-state index in [0.717, 1.165) is 16.0 Å². The van der Waals surface area contributed by atoms with Crippen molar-refractivity contribution < 1.29 is 24.5 Å². The van der Waals surface area contributed by atoms with Gasteiger partial charge in [0, 0.05) is 12.5 Å². The molecule has 6 nitrogen and oxygen atoms in total. The van der Waals surface area contributed by atoms with Crippen LogP contribution in [-0.2, 0) is 16.0 Å². The average molecular weight is 327 g/mol. The quantitative estimate of drug-likeness (QED) is 0.898. The van der Waals surface area contributed by atoms with Gasteiger partial charge in [-0.2, -0.15) is 0 Å². The Kier molecular flexibility index (Phi) is 4.12. The number of nitrogens with zero attached hydrogens (tertiary/aromatic N) is 1. The Balaban J connectivity index is 1.95. The van der Waals surface area contributed by atoms with Crippen LogP contribution in [0.4, 0.5) is 5.69 Å². The van der Waals surface area contributed by atoms with Crippen LogP contribution >= 0.6 is 0 Å². The predicted molar refractivity (Wildman–Crippen MR) is 87.4 cm³/mol. The molecule has 1 amide bonds. The van der Waals surface area contributed by atoms with Crippen LogP contribution in [0.25, 0.3) is 0 Å². The summed E-state index contributed by atoms with van der Waals surface area (Å²) in [5, 5.41) is 18.7. The lowest BCUT2D eigenvalue weighted by Gasteiger charge is -2.33. The third-order valence-corrected chi connectivity index (χ3v) is 4.00. The standard InChI is InChI=1S/C18H17NO5/c1-11-4-2-3-5-12(11)8-16-18(23)19(10-17(21)22)14-9-13(20)6-7-15(14)24-16/h2-7,9,16,20H,8,10H2,1H3,(H,21,22). The minimum atomic E-state index is -1.13. The van der Waals surface area contributed by atoms with Crippen LogP contribution in [0.1, 0.15) is 11.1 Å². The number of ether oxygens (including phenoxy) is 1. The van der Waals surface area contributed by atoms with Gasteiger partial charge in [-0.25, -0.2) is 0 Å². The molecule has 1 aliphatic rings. The Labute approximate surface area is 138 Å². The fraction of sp³-hybridized carbons (Fsp3) is 0.222. The summed E-state index contributed by atoms with van der Waals surface area (Å²) in [6, 6.07) is 12.0. The van der Waals surface area contributed by atoms with Gasteiger partial charge in [0.1, 0.15) is 18.0 Å². The summed E-state index contributed by atoms with van der Waals surface area (Å²) in [4.78, 5) is 25.0. The molecule has 0 fully saturated rings. The van der Waals surface area contributed by atoms with Crippen molar-refractivity contribution in [2.45, 2.75) is 19.4 Å². The van der Waals surface area contributed by atoms with Gasteiger partial charge in [-0.15, -0.1) is 0 Å². The third kappa shape index (κ3) is 3.03. The number of aliphatic carboxylic acids is 1. The minimum Gasteiger partial charge on any atom is -0.508 e. The number of carbonyl (C=O) groups excluding carboxylic acids is 1. The number of phenolic OH excluding ortho intramolecular Hbond substituents is 1. The van der Waals surface area contributed by atoms with Gasteiger partial charge in [-0.3, -0.25) is 14.5 Å². The maximum atomic E-state index is 12.7. The van der Waals surface area contributed by atoms with Crippen molar-refractivity contribution in [2.75, 3.05) is 11.4 Å². The SMILES string of the molecule is Cc1ccccc1CC1Oc2ccc(O)cc2N(CC(=O)O)C1=O. The van der Waals surface area contributed by atoms with Gasteiger partial charge < -0.3 is 14.9 Å². The smallest absolute Gasteiger partial charge is 0.323 e. The number of carboxylic acid groups (broad SMARTS) is 1.